The van der Waals surface area contributed by atoms with Crippen molar-refractivity contribution in [2.45, 2.75) is 0 Å². The van der Waals surface area contributed by atoms with E-state index in [2.05, 4.69) is 179 Å². The lowest BCUT2D eigenvalue weighted by Gasteiger charge is -2.13. The van der Waals surface area contributed by atoms with E-state index in [4.69, 9.17) is 9.97 Å². The Bertz CT molecular complexity index is 3760. The Balaban J connectivity index is 1.05. The quantitative estimate of drug-likeness (QED) is 0.180. The summed E-state index contributed by atoms with van der Waals surface area (Å²) in [4.78, 5) is 10.5. The van der Waals surface area contributed by atoms with Crippen molar-refractivity contribution < 1.29 is 0 Å². The molecule has 0 amide bonds. The van der Waals surface area contributed by atoms with Crippen molar-refractivity contribution in [1.29, 1.82) is 0 Å². The zero-order valence-corrected chi connectivity index (χ0v) is 31.3. The first-order valence-electron chi connectivity index (χ1n) is 19.8. The van der Waals surface area contributed by atoms with Gasteiger partial charge in [-0.3, -0.25) is 0 Å². The van der Waals surface area contributed by atoms with Crippen molar-refractivity contribution in [3.63, 3.8) is 0 Å². The molecule has 0 aliphatic carbocycles. The van der Waals surface area contributed by atoms with Crippen molar-refractivity contribution in [3.8, 4) is 39.3 Å². The Morgan fingerprint density at radius 2 is 0.879 bits per heavy atom. The summed E-state index contributed by atoms with van der Waals surface area (Å²) in [5, 5.41) is 10.2. The van der Waals surface area contributed by atoms with Gasteiger partial charge in [-0.05, 0) is 70.4 Å². The molecule has 0 fully saturated rings. The highest BCUT2D eigenvalue weighted by Crippen LogP contribution is 2.48. The molecule has 0 atom stereocenters. The lowest BCUT2D eigenvalue weighted by molar-refractivity contribution is 1.18. The zero-order chi connectivity index (χ0) is 37.9. The van der Waals surface area contributed by atoms with Gasteiger partial charge >= 0.3 is 0 Å². The van der Waals surface area contributed by atoms with E-state index in [1.54, 1.807) is 0 Å². The van der Waals surface area contributed by atoms with Crippen LogP contribution in [0.4, 0.5) is 0 Å². The average Bonchev–Trinajstić information content (AvgIpc) is 3.94. The van der Waals surface area contributed by atoms with Gasteiger partial charge in [0, 0.05) is 49.1 Å². The minimum atomic E-state index is 0.867. The standard InChI is InChI=1S/C54H32N4/c1-2-12-33(13-3-1)34-22-24-36(25-23-34)52-53(56-44-19-9-8-18-43(44)55-52)37-26-29-38(30-27-37)57-46-21-11-7-17-41(46)50-48(57)32-42-40-16-6-10-20-45(40)58-47-31-28-35-14-4-5-15-39(35)49(47)51(50)54(42)58/h1-32H. The molecule has 58 heavy (non-hydrogen) atoms. The second kappa shape index (κ2) is 11.8. The van der Waals surface area contributed by atoms with Crippen LogP contribution in [0.1, 0.15) is 0 Å². The first-order chi connectivity index (χ1) is 28.8. The van der Waals surface area contributed by atoms with Gasteiger partial charge in [0.15, 0.2) is 0 Å². The molecule has 4 heterocycles. The Morgan fingerprint density at radius 1 is 0.328 bits per heavy atom. The van der Waals surface area contributed by atoms with E-state index in [9.17, 15) is 0 Å². The Hall–Kier alpha value is -7.82. The van der Waals surface area contributed by atoms with Crippen LogP contribution >= 0.6 is 0 Å². The van der Waals surface area contributed by atoms with Crippen molar-refractivity contribution in [3.05, 3.63) is 194 Å². The predicted octanol–water partition coefficient (Wildman–Crippen LogP) is 14.0. The second-order valence-electron chi connectivity index (χ2n) is 15.3. The molecule has 268 valence electrons. The summed E-state index contributed by atoms with van der Waals surface area (Å²) >= 11 is 0. The molecule has 0 aliphatic heterocycles. The number of aromatic nitrogens is 4. The van der Waals surface area contributed by atoms with Gasteiger partial charge in [0.2, 0.25) is 0 Å². The molecule has 0 saturated carbocycles. The van der Waals surface area contributed by atoms with Gasteiger partial charge in [0.05, 0.1) is 50.0 Å². The summed E-state index contributed by atoms with van der Waals surface area (Å²) in [6.45, 7) is 0. The van der Waals surface area contributed by atoms with Crippen molar-refractivity contribution >= 4 is 81.7 Å². The van der Waals surface area contributed by atoms with Gasteiger partial charge in [-0.1, -0.05) is 146 Å². The van der Waals surface area contributed by atoms with E-state index in [1.807, 2.05) is 24.3 Å². The van der Waals surface area contributed by atoms with Crippen LogP contribution < -0.4 is 0 Å². The van der Waals surface area contributed by atoms with Gasteiger partial charge in [-0.2, -0.15) is 0 Å². The zero-order valence-electron chi connectivity index (χ0n) is 31.3. The van der Waals surface area contributed by atoms with Crippen LogP contribution in [0.25, 0.3) is 121 Å². The maximum absolute atomic E-state index is 5.25. The number of hydrogen-bond acceptors (Lipinski definition) is 2. The lowest BCUT2D eigenvalue weighted by atomic mass is 9.98. The average molecular weight is 737 g/mol. The summed E-state index contributed by atoms with van der Waals surface area (Å²) in [7, 11) is 0. The Kier molecular flexibility index (Phi) is 6.41. The van der Waals surface area contributed by atoms with Crippen LogP contribution in [0, 0.1) is 0 Å². The number of para-hydroxylation sites is 4. The van der Waals surface area contributed by atoms with E-state index in [-0.39, 0.29) is 0 Å². The minimum absolute atomic E-state index is 0.867. The molecule has 13 rings (SSSR count). The van der Waals surface area contributed by atoms with Crippen molar-refractivity contribution in [2.75, 3.05) is 0 Å². The second-order valence-corrected chi connectivity index (χ2v) is 15.3. The lowest BCUT2D eigenvalue weighted by Crippen LogP contribution is -1.97. The number of benzene rings is 9. The summed E-state index contributed by atoms with van der Waals surface area (Å²) < 4.78 is 4.95. The van der Waals surface area contributed by atoms with Crippen LogP contribution in [0.2, 0.25) is 0 Å². The maximum atomic E-state index is 5.25. The van der Waals surface area contributed by atoms with Crippen LogP contribution in [0.3, 0.4) is 0 Å². The van der Waals surface area contributed by atoms with E-state index >= 15 is 0 Å². The molecule has 0 radical (unpaired) electrons. The molecular weight excluding hydrogens is 705 g/mol. The molecule has 0 bridgehead atoms. The van der Waals surface area contributed by atoms with Crippen LogP contribution in [0.15, 0.2) is 194 Å². The summed E-state index contributed by atoms with van der Waals surface area (Å²) in [6.07, 6.45) is 0. The molecule has 4 heteroatoms. The van der Waals surface area contributed by atoms with Gasteiger partial charge < -0.3 is 8.97 Å². The summed E-state index contributed by atoms with van der Waals surface area (Å²) in [6, 6.07) is 69.8. The molecular formula is C54H32N4. The molecule has 4 aromatic heterocycles. The third-order valence-corrected chi connectivity index (χ3v) is 12.2. The van der Waals surface area contributed by atoms with E-state index in [0.29, 0.717) is 0 Å². The number of hydrogen-bond donors (Lipinski definition) is 0. The van der Waals surface area contributed by atoms with E-state index < -0.39 is 0 Å². The first kappa shape index (κ1) is 31.4. The van der Waals surface area contributed by atoms with Crippen LogP contribution in [-0.4, -0.2) is 18.9 Å². The highest BCUT2D eigenvalue weighted by atomic mass is 15.0. The van der Waals surface area contributed by atoms with Crippen molar-refractivity contribution in [1.82, 2.24) is 18.9 Å². The van der Waals surface area contributed by atoms with Gasteiger partial charge in [-0.15, -0.1) is 0 Å². The molecule has 0 unspecified atom stereocenters. The maximum Gasteiger partial charge on any atom is 0.0973 e. The first-order valence-corrected chi connectivity index (χ1v) is 19.8. The Morgan fingerprint density at radius 3 is 1.62 bits per heavy atom. The molecule has 0 aliphatic rings. The molecule has 13 aromatic rings. The predicted molar refractivity (Wildman–Crippen MR) is 242 cm³/mol. The largest absolute Gasteiger partial charge is 0.309 e. The topological polar surface area (TPSA) is 35.1 Å². The summed E-state index contributed by atoms with van der Waals surface area (Å²) in [5.41, 5.74) is 15.2. The fourth-order valence-electron chi connectivity index (χ4n) is 9.67. The van der Waals surface area contributed by atoms with Gasteiger partial charge in [0.25, 0.3) is 0 Å². The van der Waals surface area contributed by atoms with Crippen LogP contribution in [0.5, 0.6) is 0 Å². The molecule has 0 N–H and O–H groups in total. The molecule has 4 nitrogen and oxygen atoms in total. The fourth-order valence-corrected chi connectivity index (χ4v) is 9.67. The summed E-state index contributed by atoms with van der Waals surface area (Å²) in [5.74, 6) is 0. The van der Waals surface area contributed by atoms with E-state index in [0.717, 1.165) is 39.2 Å². The minimum Gasteiger partial charge on any atom is -0.309 e. The number of fused-ring (bicyclic) bond motifs is 13. The number of nitrogens with zero attached hydrogens (tertiary/aromatic N) is 4. The van der Waals surface area contributed by atoms with Gasteiger partial charge in [0.1, 0.15) is 0 Å². The van der Waals surface area contributed by atoms with E-state index in [1.165, 1.54) is 81.8 Å². The highest BCUT2D eigenvalue weighted by Gasteiger charge is 2.25. The third kappa shape index (κ3) is 4.34. The van der Waals surface area contributed by atoms with Gasteiger partial charge in [-0.25, -0.2) is 9.97 Å². The monoisotopic (exact) mass is 736 g/mol. The molecule has 0 spiro atoms. The third-order valence-electron chi connectivity index (χ3n) is 12.2. The fraction of sp³-hybridized carbons (Fsp3) is 0. The Labute approximate surface area is 332 Å². The van der Waals surface area contributed by atoms with Crippen LogP contribution in [-0.2, 0) is 0 Å². The van der Waals surface area contributed by atoms with Crippen molar-refractivity contribution in [2.24, 2.45) is 0 Å². The highest BCUT2D eigenvalue weighted by molar-refractivity contribution is 6.38. The SMILES string of the molecule is c1ccc(-c2ccc(-c3nc4ccccc4nc3-c3ccc(-n4c5ccccc5c5c6c7c8ccccc8ccc7n7c8ccccc8c(cc54)c67)cc3)cc2)cc1. The number of rotatable bonds is 4. The smallest absolute Gasteiger partial charge is 0.0973 e. The normalized spacial score (nSPS) is 12.1. The molecule has 0 saturated heterocycles. The molecule has 9 aromatic carbocycles.